The number of halogens is 3. The van der Waals surface area contributed by atoms with Crippen molar-refractivity contribution in [3.05, 3.63) is 23.9 Å². The van der Waals surface area contributed by atoms with E-state index in [4.69, 9.17) is 0 Å². The number of nitrogens with zero attached hydrogens (tertiary/aromatic N) is 1. The van der Waals surface area contributed by atoms with Gasteiger partial charge in [-0.1, -0.05) is 26.2 Å². The Morgan fingerprint density at radius 2 is 1.89 bits per heavy atom. The zero-order chi connectivity index (χ0) is 13.9. The van der Waals surface area contributed by atoms with Crippen molar-refractivity contribution in [2.45, 2.75) is 51.2 Å². The molecular weight excluding hydrogens is 253 g/mol. The van der Waals surface area contributed by atoms with Gasteiger partial charge in [-0.15, -0.1) is 0 Å². The van der Waals surface area contributed by atoms with Crippen molar-refractivity contribution >= 4 is 5.82 Å². The van der Waals surface area contributed by atoms with E-state index in [2.05, 4.69) is 17.2 Å². The maximum Gasteiger partial charge on any atom is 0.417 e. The van der Waals surface area contributed by atoms with Crippen LogP contribution in [0.2, 0.25) is 0 Å². The van der Waals surface area contributed by atoms with Gasteiger partial charge in [-0.25, -0.2) is 4.98 Å². The van der Waals surface area contributed by atoms with Gasteiger partial charge in [-0.3, -0.25) is 0 Å². The highest BCUT2D eigenvalue weighted by molar-refractivity contribution is 5.37. The van der Waals surface area contributed by atoms with Gasteiger partial charge in [0.1, 0.15) is 5.82 Å². The SMILES string of the molecule is CC1CCCCCC1Nc1ccc(C(F)(F)F)cn1. The van der Waals surface area contributed by atoms with E-state index < -0.39 is 11.7 Å². The molecule has 1 N–H and O–H groups in total. The van der Waals surface area contributed by atoms with Crippen LogP contribution in [0.25, 0.3) is 0 Å². The number of hydrogen-bond donors (Lipinski definition) is 1. The van der Waals surface area contributed by atoms with Gasteiger partial charge in [0, 0.05) is 12.2 Å². The number of anilines is 1. The molecule has 0 spiro atoms. The summed E-state index contributed by atoms with van der Waals surface area (Å²) in [6.45, 7) is 2.19. The fourth-order valence-corrected chi connectivity index (χ4v) is 2.54. The molecule has 106 valence electrons. The molecule has 1 fully saturated rings. The Morgan fingerprint density at radius 3 is 2.53 bits per heavy atom. The summed E-state index contributed by atoms with van der Waals surface area (Å²) < 4.78 is 37.3. The molecule has 0 aliphatic heterocycles. The third-order valence-electron chi connectivity index (χ3n) is 3.79. The Hall–Kier alpha value is -1.26. The van der Waals surface area contributed by atoms with Gasteiger partial charge in [0.25, 0.3) is 0 Å². The van der Waals surface area contributed by atoms with Crippen LogP contribution in [0.1, 0.15) is 44.6 Å². The molecule has 0 bridgehead atoms. The molecule has 0 radical (unpaired) electrons. The molecule has 1 aromatic heterocycles. The summed E-state index contributed by atoms with van der Waals surface area (Å²) in [7, 11) is 0. The lowest BCUT2D eigenvalue weighted by Gasteiger charge is -2.23. The van der Waals surface area contributed by atoms with Gasteiger partial charge < -0.3 is 5.32 Å². The molecule has 1 aromatic rings. The molecule has 1 aliphatic carbocycles. The molecule has 1 heterocycles. The van der Waals surface area contributed by atoms with Gasteiger partial charge in [-0.05, 0) is 30.9 Å². The number of nitrogens with one attached hydrogen (secondary N) is 1. The second kappa shape index (κ2) is 5.80. The Kier molecular flexibility index (Phi) is 4.32. The van der Waals surface area contributed by atoms with Crippen molar-refractivity contribution in [1.82, 2.24) is 4.98 Å². The van der Waals surface area contributed by atoms with Crippen LogP contribution in [-0.4, -0.2) is 11.0 Å². The Bertz CT molecular complexity index is 400. The van der Waals surface area contributed by atoms with Crippen molar-refractivity contribution in [1.29, 1.82) is 0 Å². The second-order valence-electron chi connectivity index (χ2n) is 5.30. The van der Waals surface area contributed by atoms with Gasteiger partial charge in [0.05, 0.1) is 5.56 Å². The standard InChI is InChI=1S/C14H19F3N2/c1-10-5-3-2-4-6-12(10)19-13-8-7-11(9-18-13)14(15,16)17/h7-10,12H,2-6H2,1H3,(H,18,19). The van der Waals surface area contributed by atoms with Crippen LogP contribution in [0.3, 0.4) is 0 Å². The zero-order valence-electron chi connectivity index (χ0n) is 11.0. The van der Waals surface area contributed by atoms with Crippen LogP contribution in [-0.2, 0) is 6.18 Å². The molecule has 2 atom stereocenters. The van der Waals surface area contributed by atoms with E-state index >= 15 is 0 Å². The first-order valence-corrected chi connectivity index (χ1v) is 6.76. The van der Waals surface area contributed by atoms with Gasteiger partial charge in [0.15, 0.2) is 0 Å². The number of hydrogen-bond acceptors (Lipinski definition) is 2. The van der Waals surface area contributed by atoms with Crippen LogP contribution < -0.4 is 5.32 Å². The molecule has 2 unspecified atom stereocenters. The summed E-state index contributed by atoms with van der Waals surface area (Å²) in [6, 6.07) is 2.81. The molecule has 5 heteroatoms. The average molecular weight is 272 g/mol. The number of rotatable bonds is 2. The summed E-state index contributed by atoms with van der Waals surface area (Å²) in [5, 5.41) is 3.27. The minimum atomic E-state index is -4.32. The third kappa shape index (κ3) is 3.85. The lowest BCUT2D eigenvalue weighted by Crippen LogP contribution is -2.26. The van der Waals surface area contributed by atoms with Gasteiger partial charge in [0.2, 0.25) is 0 Å². The van der Waals surface area contributed by atoms with E-state index in [1.54, 1.807) is 0 Å². The lowest BCUT2D eigenvalue weighted by molar-refractivity contribution is -0.137. The molecule has 1 aliphatic rings. The number of pyridine rings is 1. The Labute approximate surface area is 111 Å². The molecule has 0 aromatic carbocycles. The van der Waals surface area contributed by atoms with Crippen molar-refractivity contribution in [3.63, 3.8) is 0 Å². The summed E-state index contributed by atoms with van der Waals surface area (Å²) in [5.74, 6) is 1.07. The summed E-state index contributed by atoms with van der Waals surface area (Å²) in [4.78, 5) is 3.87. The Morgan fingerprint density at radius 1 is 1.16 bits per heavy atom. The zero-order valence-corrected chi connectivity index (χ0v) is 11.0. The predicted octanol–water partition coefficient (Wildman–Crippen LogP) is 4.48. The first-order chi connectivity index (χ1) is 8.97. The van der Waals surface area contributed by atoms with Crippen LogP contribution >= 0.6 is 0 Å². The van der Waals surface area contributed by atoms with Crippen molar-refractivity contribution in [2.75, 3.05) is 5.32 Å². The number of alkyl halides is 3. The number of aromatic nitrogens is 1. The van der Waals surface area contributed by atoms with Crippen molar-refractivity contribution in [2.24, 2.45) is 5.92 Å². The highest BCUT2D eigenvalue weighted by atomic mass is 19.4. The van der Waals surface area contributed by atoms with Crippen LogP contribution in [0.15, 0.2) is 18.3 Å². The highest BCUT2D eigenvalue weighted by Gasteiger charge is 2.30. The topological polar surface area (TPSA) is 24.9 Å². The van der Waals surface area contributed by atoms with E-state index in [0.717, 1.165) is 25.1 Å². The molecule has 0 saturated heterocycles. The lowest BCUT2D eigenvalue weighted by atomic mass is 9.97. The van der Waals surface area contributed by atoms with E-state index in [1.807, 2.05) is 0 Å². The fraction of sp³-hybridized carbons (Fsp3) is 0.643. The molecule has 0 amide bonds. The van der Waals surface area contributed by atoms with Gasteiger partial charge >= 0.3 is 6.18 Å². The second-order valence-corrected chi connectivity index (χ2v) is 5.30. The van der Waals surface area contributed by atoms with Gasteiger partial charge in [-0.2, -0.15) is 13.2 Å². The normalized spacial score (nSPS) is 24.8. The average Bonchev–Trinajstić information content (AvgIpc) is 2.55. The van der Waals surface area contributed by atoms with Crippen molar-refractivity contribution < 1.29 is 13.2 Å². The van der Waals surface area contributed by atoms with Crippen LogP contribution in [0, 0.1) is 5.92 Å². The first-order valence-electron chi connectivity index (χ1n) is 6.76. The van der Waals surface area contributed by atoms with E-state index in [9.17, 15) is 13.2 Å². The van der Waals surface area contributed by atoms with Crippen LogP contribution in [0.5, 0.6) is 0 Å². The highest BCUT2D eigenvalue weighted by Crippen LogP contribution is 2.30. The first kappa shape index (κ1) is 14.2. The maximum absolute atomic E-state index is 12.4. The fourth-order valence-electron chi connectivity index (χ4n) is 2.54. The molecule has 2 rings (SSSR count). The summed E-state index contributed by atoms with van der Waals surface area (Å²) >= 11 is 0. The predicted molar refractivity (Wildman–Crippen MR) is 68.9 cm³/mol. The molecular formula is C14H19F3N2. The summed E-state index contributed by atoms with van der Waals surface area (Å²) in [6.07, 6.45) is 2.44. The van der Waals surface area contributed by atoms with E-state index in [0.29, 0.717) is 17.8 Å². The molecule has 19 heavy (non-hydrogen) atoms. The molecule has 1 saturated carbocycles. The monoisotopic (exact) mass is 272 g/mol. The van der Waals surface area contributed by atoms with Crippen LogP contribution in [0.4, 0.5) is 19.0 Å². The largest absolute Gasteiger partial charge is 0.417 e. The maximum atomic E-state index is 12.4. The quantitative estimate of drug-likeness (QED) is 0.803. The van der Waals surface area contributed by atoms with Crippen molar-refractivity contribution in [3.8, 4) is 0 Å². The minimum absolute atomic E-state index is 0.312. The minimum Gasteiger partial charge on any atom is -0.367 e. The molecule has 2 nitrogen and oxygen atoms in total. The van der Waals surface area contributed by atoms with E-state index in [-0.39, 0.29) is 0 Å². The third-order valence-corrected chi connectivity index (χ3v) is 3.79. The summed E-state index contributed by atoms with van der Waals surface area (Å²) in [5.41, 5.74) is -0.702. The van der Waals surface area contributed by atoms with E-state index in [1.165, 1.54) is 25.3 Å². The smallest absolute Gasteiger partial charge is 0.367 e. The Balaban J connectivity index is 2.02.